The molecule has 0 spiro atoms. The fourth-order valence-electron chi connectivity index (χ4n) is 7.27. The van der Waals surface area contributed by atoms with E-state index in [0.717, 1.165) is 28.6 Å². The molecule has 1 aliphatic carbocycles. The Kier molecular flexibility index (Phi) is 5.35. The molecule has 8 rings (SSSR count). The highest BCUT2D eigenvalue weighted by Gasteiger charge is 2.39. The molecule has 0 amide bonds. The Balaban J connectivity index is 1.40. The van der Waals surface area contributed by atoms with Crippen LogP contribution < -0.4 is 20.0 Å². The summed E-state index contributed by atoms with van der Waals surface area (Å²) < 4.78 is 6.86. The molecular formula is C39H33NOSi. The van der Waals surface area contributed by atoms with Gasteiger partial charge in [0.1, 0.15) is 13.8 Å². The fraction of sp³-hybridized carbons (Fsp3) is 0.128. The van der Waals surface area contributed by atoms with E-state index in [1.54, 1.807) is 0 Å². The van der Waals surface area contributed by atoms with E-state index >= 15 is 0 Å². The zero-order chi connectivity index (χ0) is 28.6. The Morgan fingerprint density at radius 1 is 0.595 bits per heavy atom. The topological polar surface area (TPSA) is 12.5 Å². The second kappa shape index (κ2) is 8.95. The number of ether oxygens (including phenoxy) is 1. The van der Waals surface area contributed by atoms with E-state index in [-0.39, 0.29) is 5.41 Å². The molecule has 0 saturated heterocycles. The molecule has 6 aromatic carbocycles. The maximum atomic E-state index is 6.86. The van der Waals surface area contributed by atoms with Gasteiger partial charge in [-0.25, -0.2) is 0 Å². The minimum atomic E-state index is -2.00. The van der Waals surface area contributed by atoms with Crippen LogP contribution in [-0.2, 0) is 5.41 Å². The quantitative estimate of drug-likeness (QED) is 0.200. The van der Waals surface area contributed by atoms with Crippen molar-refractivity contribution in [2.75, 3.05) is 4.90 Å². The number of hydrogen-bond donors (Lipinski definition) is 0. The maximum absolute atomic E-state index is 6.86. The average molecular weight is 560 g/mol. The SMILES string of the molecule is CC1(C)c2ccccc2-c2ccc(N(c3cccc4c3Oc3ccccc3[Si]4(C)C)c3cccc4ccccc34)cc21. The third-order valence-electron chi connectivity index (χ3n) is 9.51. The number of rotatable bonds is 3. The van der Waals surface area contributed by atoms with E-state index in [9.17, 15) is 0 Å². The normalized spacial score (nSPS) is 15.2. The van der Waals surface area contributed by atoms with Crippen molar-refractivity contribution in [1.82, 2.24) is 0 Å². The summed E-state index contributed by atoms with van der Waals surface area (Å²) in [4.78, 5) is 2.43. The molecule has 1 heterocycles. The van der Waals surface area contributed by atoms with Crippen molar-refractivity contribution >= 4 is 46.3 Å². The summed E-state index contributed by atoms with van der Waals surface area (Å²) in [6.45, 7) is 9.58. The Morgan fingerprint density at radius 2 is 1.26 bits per heavy atom. The van der Waals surface area contributed by atoms with E-state index < -0.39 is 8.07 Å². The first-order valence-corrected chi connectivity index (χ1v) is 17.8. The van der Waals surface area contributed by atoms with Gasteiger partial charge >= 0.3 is 0 Å². The van der Waals surface area contributed by atoms with Crippen LogP contribution in [0.3, 0.4) is 0 Å². The van der Waals surface area contributed by atoms with Crippen molar-refractivity contribution in [2.45, 2.75) is 32.4 Å². The van der Waals surface area contributed by atoms with Gasteiger partial charge in [0, 0.05) is 16.5 Å². The number of hydrogen-bond acceptors (Lipinski definition) is 2. The number of para-hydroxylation sites is 2. The predicted molar refractivity (Wildman–Crippen MR) is 179 cm³/mol. The smallest absolute Gasteiger partial charge is 0.151 e. The van der Waals surface area contributed by atoms with E-state index in [2.05, 4.69) is 159 Å². The Morgan fingerprint density at radius 3 is 2.17 bits per heavy atom. The molecule has 204 valence electrons. The van der Waals surface area contributed by atoms with Crippen LogP contribution in [0.4, 0.5) is 17.1 Å². The van der Waals surface area contributed by atoms with Gasteiger partial charge in [-0.05, 0) is 68.3 Å². The summed E-state index contributed by atoms with van der Waals surface area (Å²) in [7, 11) is -2.00. The first kappa shape index (κ1) is 25.1. The van der Waals surface area contributed by atoms with Gasteiger partial charge in [-0.1, -0.05) is 124 Å². The summed E-state index contributed by atoms with van der Waals surface area (Å²) in [5, 5.41) is 5.12. The second-order valence-corrected chi connectivity index (χ2v) is 16.9. The molecule has 0 unspecified atom stereocenters. The van der Waals surface area contributed by atoms with Crippen molar-refractivity contribution < 1.29 is 4.74 Å². The molecule has 3 heteroatoms. The molecular weight excluding hydrogens is 527 g/mol. The van der Waals surface area contributed by atoms with Crippen LogP contribution in [0.2, 0.25) is 13.1 Å². The first-order valence-electron chi connectivity index (χ1n) is 14.8. The molecule has 0 saturated carbocycles. The van der Waals surface area contributed by atoms with Crippen molar-refractivity contribution in [3.63, 3.8) is 0 Å². The highest BCUT2D eigenvalue weighted by molar-refractivity contribution is 7.01. The van der Waals surface area contributed by atoms with Crippen molar-refractivity contribution in [3.8, 4) is 22.6 Å². The van der Waals surface area contributed by atoms with Crippen molar-refractivity contribution in [1.29, 1.82) is 0 Å². The molecule has 0 N–H and O–H groups in total. The molecule has 0 radical (unpaired) electrons. The lowest BCUT2D eigenvalue weighted by Crippen LogP contribution is -2.56. The van der Waals surface area contributed by atoms with Crippen LogP contribution in [0.1, 0.15) is 25.0 Å². The largest absolute Gasteiger partial charge is 0.455 e. The van der Waals surface area contributed by atoms with Crippen LogP contribution >= 0.6 is 0 Å². The molecule has 0 aromatic heterocycles. The molecule has 1 aliphatic heterocycles. The van der Waals surface area contributed by atoms with Crippen LogP contribution in [0, 0.1) is 0 Å². The zero-order valence-corrected chi connectivity index (χ0v) is 25.5. The van der Waals surface area contributed by atoms with Gasteiger partial charge in [0.15, 0.2) is 5.75 Å². The minimum Gasteiger partial charge on any atom is -0.455 e. The molecule has 2 nitrogen and oxygen atoms in total. The highest BCUT2D eigenvalue weighted by atomic mass is 28.3. The van der Waals surface area contributed by atoms with Crippen molar-refractivity contribution in [2.24, 2.45) is 0 Å². The third-order valence-corrected chi connectivity index (χ3v) is 13.0. The van der Waals surface area contributed by atoms with Crippen LogP contribution in [0.25, 0.3) is 21.9 Å². The maximum Gasteiger partial charge on any atom is 0.151 e. The Labute approximate surface area is 248 Å². The number of nitrogens with zero attached hydrogens (tertiary/aromatic N) is 1. The van der Waals surface area contributed by atoms with E-state index in [1.807, 2.05) is 0 Å². The summed E-state index contributed by atoms with van der Waals surface area (Å²) in [6.07, 6.45) is 0. The van der Waals surface area contributed by atoms with Gasteiger partial charge in [-0.3, -0.25) is 0 Å². The number of fused-ring (bicyclic) bond motifs is 6. The predicted octanol–water partition coefficient (Wildman–Crippen LogP) is 9.54. The second-order valence-electron chi connectivity index (χ2n) is 12.6. The Bertz CT molecular complexity index is 2030. The lowest BCUT2D eigenvalue weighted by atomic mass is 9.82. The zero-order valence-electron chi connectivity index (χ0n) is 24.5. The molecule has 6 aromatic rings. The van der Waals surface area contributed by atoms with Gasteiger partial charge in [-0.15, -0.1) is 0 Å². The summed E-state index contributed by atoms with van der Waals surface area (Å²) in [5.41, 5.74) is 8.69. The molecule has 0 atom stereocenters. The monoisotopic (exact) mass is 559 g/mol. The standard InChI is InChI=1S/C39H33NOSi/c1-39(2)31-17-8-7-16-29(31)30-24-23-27(25-32(30)39)40(33-18-11-14-26-13-5-6-15-28(26)33)34-19-12-22-37-38(34)41-35-20-9-10-21-36(35)42(37,3)4/h5-25H,1-4H3. The summed E-state index contributed by atoms with van der Waals surface area (Å²) >= 11 is 0. The van der Waals surface area contributed by atoms with Gasteiger partial charge < -0.3 is 9.64 Å². The molecule has 42 heavy (non-hydrogen) atoms. The van der Waals surface area contributed by atoms with Crippen molar-refractivity contribution in [3.05, 3.63) is 139 Å². The van der Waals surface area contributed by atoms with Crippen LogP contribution in [0.15, 0.2) is 127 Å². The molecule has 0 fully saturated rings. The van der Waals surface area contributed by atoms with Crippen LogP contribution in [-0.4, -0.2) is 8.07 Å². The number of anilines is 3. The van der Waals surface area contributed by atoms with Gasteiger partial charge in [0.05, 0.1) is 11.4 Å². The Hall–Kier alpha value is -4.60. The minimum absolute atomic E-state index is 0.0905. The van der Waals surface area contributed by atoms with Gasteiger partial charge in [-0.2, -0.15) is 0 Å². The molecule has 0 bridgehead atoms. The average Bonchev–Trinajstić information content (AvgIpc) is 3.24. The third kappa shape index (κ3) is 3.50. The van der Waals surface area contributed by atoms with E-state index in [1.165, 1.54) is 43.4 Å². The summed E-state index contributed by atoms with van der Waals surface area (Å²) in [5.74, 6) is 1.96. The van der Waals surface area contributed by atoms with Gasteiger partial charge in [0.2, 0.25) is 0 Å². The van der Waals surface area contributed by atoms with E-state index in [0.29, 0.717) is 0 Å². The number of benzene rings is 6. The lowest BCUT2D eigenvalue weighted by Gasteiger charge is -2.37. The highest BCUT2D eigenvalue weighted by Crippen LogP contribution is 2.52. The van der Waals surface area contributed by atoms with Gasteiger partial charge in [0.25, 0.3) is 0 Å². The molecule has 2 aliphatic rings. The summed E-state index contributed by atoms with van der Waals surface area (Å²) in [6, 6.07) is 46.5. The van der Waals surface area contributed by atoms with Crippen LogP contribution in [0.5, 0.6) is 11.5 Å². The first-order chi connectivity index (χ1) is 20.4. The lowest BCUT2D eigenvalue weighted by molar-refractivity contribution is 0.488. The fourth-order valence-corrected chi connectivity index (χ4v) is 10.1. The van der Waals surface area contributed by atoms with E-state index in [4.69, 9.17) is 4.74 Å².